The zero-order valence-corrected chi connectivity index (χ0v) is 13.2. The molecule has 0 saturated heterocycles. The molecule has 7 heteroatoms. The molecule has 2 amide bonds. The van der Waals surface area contributed by atoms with Crippen LogP contribution in [0.25, 0.3) is 11.3 Å². The lowest BCUT2D eigenvalue weighted by molar-refractivity contribution is 0.253. The first-order chi connectivity index (χ1) is 10.7. The molecule has 2 aromatic rings. The largest absolute Gasteiger partial charge is 0.493 e. The molecule has 0 aliphatic carbocycles. The lowest BCUT2D eigenvalue weighted by Crippen LogP contribution is -2.28. The summed E-state index contributed by atoms with van der Waals surface area (Å²) in [7, 11) is 3.17. The minimum absolute atomic E-state index is 0.312. The van der Waals surface area contributed by atoms with Gasteiger partial charge in [-0.1, -0.05) is 6.08 Å². The average molecular weight is 319 g/mol. The van der Waals surface area contributed by atoms with Crippen LogP contribution in [0.3, 0.4) is 0 Å². The molecule has 116 valence electrons. The molecule has 0 spiro atoms. The molecule has 6 nitrogen and oxygen atoms in total. The maximum atomic E-state index is 11.6. The number of nitrogens with one attached hydrogen (secondary N) is 2. The van der Waals surface area contributed by atoms with Gasteiger partial charge in [0.25, 0.3) is 0 Å². The molecular weight excluding hydrogens is 302 g/mol. The maximum Gasteiger partial charge on any atom is 0.321 e. The van der Waals surface area contributed by atoms with Crippen LogP contribution in [0.1, 0.15) is 0 Å². The molecule has 0 fully saturated rings. The Morgan fingerprint density at radius 2 is 2.14 bits per heavy atom. The third-order valence-electron chi connectivity index (χ3n) is 2.81. The first-order valence-electron chi connectivity index (χ1n) is 6.51. The molecule has 0 bridgehead atoms. The van der Waals surface area contributed by atoms with E-state index in [1.165, 1.54) is 11.3 Å². The van der Waals surface area contributed by atoms with Crippen LogP contribution in [0.5, 0.6) is 11.5 Å². The summed E-state index contributed by atoms with van der Waals surface area (Å²) in [4.78, 5) is 15.9. The third kappa shape index (κ3) is 3.76. The predicted molar refractivity (Wildman–Crippen MR) is 87.9 cm³/mol. The zero-order valence-electron chi connectivity index (χ0n) is 12.4. The molecule has 1 heterocycles. The van der Waals surface area contributed by atoms with Gasteiger partial charge in [-0.15, -0.1) is 17.9 Å². The van der Waals surface area contributed by atoms with Crippen molar-refractivity contribution in [2.24, 2.45) is 0 Å². The molecule has 0 aliphatic rings. The van der Waals surface area contributed by atoms with Crippen LogP contribution in [0.2, 0.25) is 0 Å². The summed E-state index contributed by atoms with van der Waals surface area (Å²) < 4.78 is 10.5. The van der Waals surface area contributed by atoms with Gasteiger partial charge in [0, 0.05) is 17.5 Å². The van der Waals surface area contributed by atoms with Crippen molar-refractivity contribution in [2.75, 3.05) is 26.1 Å². The van der Waals surface area contributed by atoms with Crippen molar-refractivity contribution in [3.63, 3.8) is 0 Å². The van der Waals surface area contributed by atoms with Gasteiger partial charge in [-0.25, -0.2) is 9.78 Å². The Morgan fingerprint density at radius 3 is 2.82 bits per heavy atom. The number of nitrogens with zero attached hydrogens (tertiary/aromatic N) is 1. The maximum absolute atomic E-state index is 11.6. The summed E-state index contributed by atoms with van der Waals surface area (Å²) in [5, 5.41) is 7.68. The van der Waals surface area contributed by atoms with E-state index >= 15 is 0 Å². The number of aromatic nitrogens is 1. The number of ether oxygens (including phenoxy) is 2. The Balaban J connectivity index is 2.14. The van der Waals surface area contributed by atoms with Gasteiger partial charge in [-0.3, -0.25) is 5.32 Å². The molecule has 0 unspecified atom stereocenters. The van der Waals surface area contributed by atoms with E-state index in [0.29, 0.717) is 23.2 Å². The summed E-state index contributed by atoms with van der Waals surface area (Å²) >= 11 is 1.35. The van der Waals surface area contributed by atoms with Crippen molar-refractivity contribution in [1.82, 2.24) is 10.3 Å². The number of hydrogen-bond donors (Lipinski definition) is 2. The molecule has 0 aliphatic heterocycles. The van der Waals surface area contributed by atoms with Crippen LogP contribution >= 0.6 is 11.3 Å². The summed E-state index contributed by atoms with van der Waals surface area (Å²) in [5.74, 6) is 1.29. The number of methoxy groups -OCH3 is 2. The number of thiazole rings is 1. The summed E-state index contributed by atoms with van der Waals surface area (Å²) in [6.07, 6.45) is 1.61. The van der Waals surface area contributed by atoms with Crippen LogP contribution in [0.4, 0.5) is 9.93 Å². The van der Waals surface area contributed by atoms with E-state index in [2.05, 4.69) is 22.2 Å². The van der Waals surface area contributed by atoms with Gasteiger partial charge in [0.2, 0.25) is 0 Å². The smallest absolute Gasteiger partial charge is 0.321 e. The number of hydrogen-bond acceptors (Lipinski definition) is 5. The molecular formula is C15H17N3O3S. The highest BCUT2D eigenvalue weighted by Crippen LogP contribution is 2.33. The van der Waals surface area contributed by atoms with E-state index in [1.54, 1.807) is 20.3 Å². The van der Waals surface area contributed by atoms with Crippen molar-refractivity contribution in [2.45, 2.75) is 0 Å². The molecule has 0 radical (unpaired) electrons. The molecule has 22 heavy (non-hydrogen) atoms. The molecule has 1 aromatic heterocycles. The fraction of sp³-hybridized carbons (Fsp3) is 0.200. The molecule has 0 saturated carbocycles. The normalized spacial score (nSPS) is 9.91. The van der Waals surface area contributed by atoms with Gasteiger partial charge >= 0.3 is 6.03 Å². The first-order valence-corrected chi connectivity index (χ1v) is 7.39. The second kappa shape index (κ2) is 7.46. The fourth-order valence-corrected chi connectivity index (χ4v) is 2.48. The van der Waals surface area contributed by atoms with Crippen molar-refractivity contribution in [3.05, 3.63) is 36.2 Å². The highest BCUT2D eigenvalue weighted by atomic mass is 32.1. The Labute approximate surface area is 132 Å². The summed E-state index contributed by atoms with van der Waals surface area (Å²) in [5.41, 5.74) is 1.64. The van der Waals surface area contributed by atoms with Crippen LogP contribution in [-0.2, 0) is 0 Å². The number of urea groups is 1. The number of amides is 2. The number of anilines is 1. The Hall–Kier alpha value is -2.54. The number of carbonyl (C=O) groups is 1. The number of rotatable bonds is 6. The summed E-state index contributed by atoms with van der Waals surface area (Å²) in [6, 6.07) is 5.23. The molecule has 0 atom stereocenters. The van der Waals surface area contributed by atoms with Crippen molar-refractivity contribution >= 4 is 22.5 Å². The van der Waals surface area contributed by atoms with Crippen LogP contribution < -0.4 is 20.1 Å². The van der Waals surface area contributed by atoms with E-state index in [-0.39, 0.29) is 6.03 Å². The Morgan fingerprint density at radius 1 is 1.36 bits per heavy atom. The number of carbonyl (C=O) groups excluding carboxylic acids is 1. The summed E-state index contributed by atoms with van der Waals surface area (Å²) in [6.45, 7) is 3.94. The standard InChI is InChI=1S/C15H17N3O3S/c1-4-7-16-14(19)18-15-17-11(9-22-15)10-5-6-12(20-2)13(8-10)21-3/h4-6,8-9H,1,7H2,2-3H3,(H2,16,17,18,19). The zero-order chi connectivity index (χ0) is 15.9. The molecule has 1 aromatic carbocycles. The van der Waals surface area contributed by atoms with E-state index in [9.17, 15) is 4.79 Å². The fourth-order valence-electron chi connectivity index (χ4n) is 1.77. The van der Waals surface area contributed by atoms with Crippen LogP contribution in [0, 0.1) is 0 Å². The van der Waals surface area contributed by atoms with Gasteiger partial charge in [0.05, 0.1) is 19.9 Å². The lowest BCUT2D eigenvalue weighted by Gasteiger charge is -2.08. The van der Waals surface area contributed by atoms with E-state index < -0.39 is 0 Å². The van der Waals surface area contributed by atoms with E-state index in [0.717, 1.165) is 11.3 Å². The predicted octanol–water partition coefficient (Wildman–Crippen LogP) is 3.13. The Kier molecular flexibility index (Phi) is 5.37. The molecule has 2 N–H and O–H groups in total. The highest BCUT2D eigenvalue weighted by molar-refractivity contribution is 7.14. The van der Waals surface area contributed by atoms with Gasteiger partial charge in [0.15, 0.2) is 16.6 Å². The van der Waals surface area contributed by atoms with Gasteiger partial charge in [-0.2, -0.15) is 0 Å². The highest BCUT2D eigenvalue weighted by Gasteiger charge is 2.10. The van der Waals surface area contributed by atoms with Gasteiger partial charge in [-0.05, 0) is 18.2 Å². The van der Waals surface area contributed by atoms with Gasteiger partial charge in [0.1, 0.15) is 0 Å². The topological polar surface area (TPSA) is 72.5 Å². The lowest BCUT2D eigenvalue weighted by atomic mass is 10.1. The third-order valence-corrected chi connectivity index (χ3v) is 3.57. The van der Waals surface area contributed by atoms with Crippen LogP contribution in [0.15, 0.2) is 36.2 Å². The quantitative estimate of drug-likeness (QED) is 0.802. The van der Waals surface area contributed by atoms with Crippen molar-refractivity contribution in [1.29, 1.82) is 0 Å². The minimum atomic E-state index is -0.312. The van der Waals surface area contributed by atoms with Crippen molar-refractivity contribution < 1.29 is 14.3 Å². The average Bonchev–Trinajstić information content (AvgIpc) is 3.00. The minimum Gasteiger partial charge on any atom is -0.493 e. The molecule has 2 rings (SSSR count). The van der Waals surface area contributed by atoms with Crippen LogP contribution in [-0.4, -0.2) is 31.8 Å². The second-order valence-electron chi connectivity index (χ2n) is 4.23. The first kappa shape index (κ1) is 15.8. The second-order valence-corrected chi connectivity index (χ2v) is 5.09. The van der Waals surface area contributed by atoms with E-state index in [4.69, 9.17) is 9.47 Å². The van der Waals surface area contributed by atoms with Gasteiger partial charge < -0.3 is 14.8 Å². The van der Waals surface area contributed by atoms with Crippen molar-refractivity contribution in [3.8, 4) is 22.8 Å². The SMILES string of the molecule is C=CCNC(=O)Nc1nc(-c2ccc(OC)c(OC)c2)cs1. The Bertz CT molecular complexity index is 670. The number of benzene rings is 1. The van der Waals surface area contributed by atoms with E-state index in [1.807, 2.05) is 23.6 Å². The monoisotopic (exact) mass is 319 g/mol.